The van der Waals surface area contributed by atoms with Gasteiger partial charge in [-0.1, -0.05) is 0 Å². The minimum atomic E-state index is -3.53. The van der Waals surface area contributed by atoms with Gasteiger partial charge in [0.1, 0.15) is 5.75 Å². The first-order valence-corrected chi connectivity index (χ1v) is 8.99. The van der Waals surface area contributed by atoms with Gasteiger partial charge in [-0.2, -0.15) is 4.31 Å². The molecule has 136 valence electrons. The van der Waals surface area contributed by atoms with E-state index < -0.39 is 10.0 Å². The standard InChI is InChI=1S/C15H23N3O4S.ClH/c1-16-8-7-15(19)17-9-11-18(12-10-17)23(20,21)14-5-3-13(22-2)4-6-14;/h3-6,16H,7-12H2,1-2H3;1H. The third kappa shape index (κ3) is 4.83. The van der Waals surface area contributed by atoms with Crippen LogP contribution in [0.3, 0.4) is 0 Å². The van der Waals surface area contributed by atoms with Crippen LogP contribution in [0.1, 0.15) is 6.42 Å². The molecule has 0 bridgehead atoms. The van der Waals surface area contributed by atoms with Crippen molar-refractivity contribution >= 4 is 28.3 Å². The highest BCUT2D eigenvalue weighted by Gasteiger charge is 2.29. The maximum absolute atomic E-state index is 12.6. The Balaban J connectivity index is 0.00000288. The Kier molecular flexibility index (Phi) is 7.95. The Morgan fingerprint density at radius 2 is 1.75 bits per heavy atom. The number of nitrogens with zero attached hydrogens (tertiary/aromatic N) is 2. The molecule has 2 rings (SSSR count). The molecule has 7 nitrogen and oxygen atoms in total. The van der Waals surface area contributed by atoms with E-state index >= 15 is 0 Å². The zero-order valence-corrected chi connectivity index (χ0v) is 15.5. The normalized spacial score (nSPS) is 15.7. The van der Waals surface area contributed by atoms with Crippen molar-refractivity contribution in [3.8, 4) is 5.75 Å². The van der Waals surface area contributed by atoms with Gasteiger partial charge in [-0.15, -0.1) is 12.4 Å². The fourth-order valence-electron chi connectivity index (χ4n) is 2.46. The third-order valence-electron chi connectivity index (χ3n) is 3.88. The van der Waals surface area contributed by atoms with Crippen molar-refractivity contribution in [2.75, 3.05) is 46.9 Å². The maximum atomic E-state index is 12.6. The van der Waals surface area contributed by atoms with Gasteiger partial charge in [-0.3, -0.25) is 4.79 Å². The summed E-state index contributed by atoms with van der Waals surface area (Å²) in [5.41, 5.74) is 0. The lowest BCUT2D eigenvalue weighted by Crippen LogP contribution is -2.50. The van der Waals surface area contributed by atoms with Gasteiger partial charge in [-0.05, 0) is 31.3 Å². The summed E-state index contributed by atoms with van der Waals surface area (Å²) in [5, 5.41) is 2.94. The number of amides is 1. The Morgan fingerprint density at radius 3 is 2.25 bits per heavy atom. The van der Waals surface area contributed by atoms with Crippen molar-refractivity contribution in [1.82, 2.24) is 14.5 Å². The molecule has 9 heteroatoms. The summed E-state index contributed by atoms with van der Waals surface area (Å²) in [5.74, 6) is 0.671. The van der Waals surface area contributed by atoms with Crippen LogP contribution in [0.15, 0.2) is 29.2 Å². The highest BCUT2D eigenvalue weighted by Crippen LogP contribution is 2.20. The van der Waals surface area contributed by atoms with Gasteiger partial charge in [0, 0.05) is 39.1 Å². The molecule has 1 aliphatic heterocycles. The summed E-state index contributed by atoms with van der Waals surface area (Å²) in [4.78, 5) is 13.9. The predicted octanol–water partition coefficient (Wildman–Crippen LogP) is 0.559. The molecule has 1 saturated heterocycles. The Hall–Kier alpha value is -1.35. The molecule has 0 atom stereocenters. The van der Waals surface area contributed by atoms with Crippen molar-refractivity contribution in [1.29, 1.82) is 0 Å². The van der Waals surface area contributed by atoms with E-state index in [1.807, 2.05) is 0 Å². The first-order valence-electron chi connectivity index (χ1n) is 7.55. The fourth-order valence-corrected chi connectivity index (χ4v) is 3.89. The fraction of sp³-hybridized carbons (Fsp3) is 0.533. The number of piperazine rings is 1. The lowest BCUT2D eigenvalue weighted by atomic mass is 10.3. The molecule has 1 aromatic rings. The van der Waals surface area contributed by atoms with E-state index in [1.165, 1.54) is 11.4 Å². The number of halogens is 1. The van der Waals surface area contributed by atoms with Crippen LogP contribution in [0, 0.1) is 0 Å². The molecule has 0 spiro atoms. The van der Waals surface area contributed by atoms with Crippen LogP contribution < -0.4 is 10.1 Å². The number of ether oxygens (including phenoxy) is 1. The third-order valence-corrected chi connectivity index (χ3v) is 5.79. The molecule has 0 aromatic heterocycles. The molecule has 1 aliphatic rings. The lowest BCUT2D eigenvalue weighted by Gasteiger charge is -2.34. The first kappa shape index (κ1) is 20.7. The summed E-state index contributed by atoms with van der Waals surface area (Å²) in [7, 11) is -0.192. The van der Waals surface area contributed by atoms with E-state index in [-0.39, 0.29) is 23.2 Å². The molecule has 24 heavy (non-hydrogen) atoms. The summed E-state index contributed by atoms with van der Waals surface area (Å²) in [6.45, 7) is 2.12. The van der Waals surface area contributed by atoms with Crippen LogP contribution in [0.2, 0.25) is 0 Å². The van der Waals surface area contributed by atoms with Crippen molar-refractivity contribution in [3.63, 3.8) is 0 Å². The molecular weight excluding hydrogens is 354 g/mol. The second kappa shape index (κ2) is 9.22. The number of rotatable bonds is 6. The number of hydrogen-bond donors (Lipinski definition) is 1. The molecular formula is C15H24ClN3O4S. The lowest BCUT2D eigenvalue weighted by molar-refractivity contribution is -0.132. The van der Waals surface area contributed by atoms with Crippen LogP contribution in [0.5, 0.6) is 5.75 Å². The highest BCUT2D eigenvalue weighted by atomic mass is 35.5. The molecule has 0 aliphatic carbocycles. The van der Waals surface area contributed by atoms with Crippen LogP contribution in [-0.4, -0.2) is 70.4 Å². The number of nitrogens with one attached hydrogen (secondary N) is 1. The molecule has 1 N–H and O–H groups in total. The van der Waals surface area contributed by atoms with Crippen LogP contribution in [0.25, 0.3) is 0 Å². The number of carbonyl (C=O) groups is 1. The van der Waals surface area contributed by atoms with Crippen molar-refractivity contribution in [3.05, 3.63) is 24.3 Å². The average molecular weight is 378 g/mol. The Morgan fingerprint density at radius 1 is 1.17 bits per heavy atom. The largest absolute Gasteiger partial charge is 0.497 e. The van der Waals surface area contributed by atoms with E-state index in [4.69, 9.17) is 4.74 Å². The number of sulfonamides is 1. The maximum Gasteiger partial charge on any atom is 0.243 e. The number of carbonyl (C=O) groups excluding carboxylic acids is 1. The molecule has 1 fully saturated rings. The van der Waals surface area contributed by atoms with Gasteiger partial charge in [-0.25, -0.2) is 8.42 Å². The Labute approximate surface area is 149 Å². The molecule has 1 amide bonds. The van der Waals surface area contributed by atoms with Crippen LogP contribution in [0.4, 0.5) is 0 Å². The molecule has 0 radical (unpaired) electrons. The van der Waals surface area contributed by atoms with Crippen LogP contribution in [-0.2, 0) is 14.8 Å². The second-order valence-corrected chi connectivity index (χ2v) is 7.25. The predicted molar refractivity (Wildman–Crippen MR) is 94.1 cm³/mol. The smallest absolute Gasteiger partial charge is 0.243 e. The molecule has 1 aromatic carbocycles. The number of benzene rings is 1. The monoisotopic (exact) mass is 377 g/mol. The first-order chi connectivity index (χ1) is 11.0. The van der Waals surface area contributed by atoms with Crippen molar-refractivity contribution in [2.24, 2.45) is 0 Å². The van der Waals surface area contributed by atoms with Gasteiger partial charge in [0.15, 0.2) is 0 Å². The van der Waals surface area contributed by atoms with E-state index in [0.29, 0.717) is 44.9 Å². The Bertz CT molecular complexity index is 629. The molecule has 1 heterocycles. The quantitative estimate of drug-likeness (QED) is 0.783. The van der Waals surface area contributed by atoms with E-state index in [0.717, 1.165) is 0 Å². The second-order valence-electron chi connectivity index (χ2n) is 5.31. The summed E-state index contributed by atoms with van der Waals surface area (Å²) < 4.78 is 31.7. The zero-order chi connectivity index (χ0) is 16.9. The van der Waals surface area contributed by atoms with Gasteiger partial charge < -0.3 is 15.0 Å². The topological polar surface area (TPSA) is 79.0 Å². The summed E-state index contributed by atoms with van der Waals surface area (Å²) in [6.07, 6.45) is 0.432. The van der Waals surface area contributed by atoms with E-state index in [1.54, 1.807) is 36.2 Å². The van der Waals surface area contributed by atoms with Crippen molar-refractivity contribution < 1.29 is 17.9 Å². The summed E-state index contributed by atoms with van der Waals surface area (Å²) in [6, 6.07) is 6.34. The van der Waals surface area contributed by atoms with Gasteiger partial charge in [0.05, 0.1) is 12.0 Å². The van der Waals surface area contributed by atoms with Crippen LogP contribution >= 0.6 is 12.4 Å². The number of hydrogen-bond acceptors (Lipinski definition) is 5. The van der Waals surface area contributed by atoms with Crippen molar-refractivity contribution in [2.45, 2.75) is 11.3 Å². The molecule has 0 unspecified atom stereocenters. The van der Waals surface area contributed by atoms with E-state index in [2.05, 4.69) is 5.32 Å². The highest BCUT2D eigenvalue weighted by molar-refractivity contribution is 7.89. The SMILES string of the molecule is CNCCC(=O)N1CCN(S(=O)(=O)c2ccc(OC)cc2)CC1.Cl. The minimum absolute atomic E-state index is 0. The van der Waals surface area contributed by atoms with Gasteiger partial charge in [0.25, 0.3) is 0 Å². The van der Waals surface area contributed by atoms with Gasteiger partial charge in [0.2, 0.25) is 15.9 Å². The number of methoxy groups -OCH3 is 1. The average Bonchev–Trinajstić information content (AvgIpc) is 2.59. The zero-order valence-electron chi connectivity index (χ0n) is 13.9. The minimum Gasteiger partial charge on any atom is -0.497 e. The van der Waals surface area contributed by atoms with E-state index in [9.17, 15) is 13.2 Å². The van der Waals surface area contributed by atoms with Gasteiger partial charge >= 0.3 is 0 Å². The summed E-state index contributed by atoms with van der Waals surface area (Å²) >= 11 is 0. The molecule has 0 saturated carbocycles.